The van der Waals surface area contributed by atoms with Crippen LogP contribution in [0.3, 0.4) is 0 Å². The molecule has 1 heterocycles. The maximum Gasteiger partial charge on any atom is 0.243 e. The zero-order valence-electron chi connectivity index (χ0n) is 22.1. The summed E-state index contributed by atoms with van der Waals surface area (Å²) in [6.45, 7) is 0.202. The number of benzene rings is 3. The van der Waals surface area contributed by atoms with Crippen molar-refractivity contribution in [3.8, 4) is 11.5 Å². The molecule has 0 unspecified atom stereocenters. The number of ether oxygens (including phenoxy) is 2. The Bertz CT molecular complexity index is 1280. The number of amides is 2. The van der Waals surface area contributed by atoms with Gasteiger partial charge < -0.3 is 19.7 Å². The first kappa shape index (κ1) is 26.7. The van der Waals surface area contributed by atoms with Crippen LogP contribution in [0.25, 0.3) is 0 Å². The molecule has 5 rings (SSSR count). The normalized spacial score (nSPS) is 15.5. The van der Waals surface area contributed by atoms with Crippen LogP contribution in [0.4, 0.5) is 4.39 Å². The van der Waals surface area contributed by atoms with Crippen LogP contribution in [0.2, 0.25) is 0 Å². The van der Waals surface area contributed by atoms with Crippen LogP contribution in [-0.2, 0) is 29.0 Å². The lowest BCUT2D eigenvalue weighted by atomic mass is 9.94. The number of fused-ring (bicyclic) bond motifs is 1. The summed E-state index contributed by atoms with van der Waals surface area (Å²) in [6.07, 6.45) is 6.22. The minimum absolute atomic E-state index is 0.0161. The number of nitrogens with zero attached hydrogens (tertiary/aromatic N) is 1. The Hall–Kier alpha value is -3.87. The van der Waals surface area contributed by atoms with E-state index in [-0.39, 0.29) is 37.6 Å². The quantitative estimate of drug-likeness (QED) is 0.372. The van der Waals surface area contributed by atoms with Gasteiger partial charge in [-0.1, -0.05) is 73.9 Å². The van der Waals surface area contributed by atoms with Crippen molar-refractivity contribution in [2.75, 3.05) is 6.79 Å². The SMILES string of the molecule is O=C(NC1CCCCC1)[C@@H](Cc1ccccc1)N(Cc1ccccc1F)C(=O)CCc1ccc2c(c1)OCO2. The van der Waals surface area contributed by atoms with Crippen molar-refractivity contribution in [1.82, 2.24) is 10.2 Å². The molecule has 6 nitrogen and oxygen atoms in total. The standard InChI is InChI=1S/C32H35FN2O4/c33-27-14-8-7-11-25(27)21-35(31(36)18-16-24-15-17-29-30(20-24)39-22-38-29)28(19-23-9-3-1-4-10-23)32(37)34-26-12-5-2-6-13-26/h1,3-4,7-11,14-15,17,20,26,28H,2,5-6,12-13,16,18-19,21-22H2,(H,34,37)/t28-/m1/s1. The fourth-order valence-corrected chi connectivity index (χ4v) is 5.40. The van der Waals surface area contributed by atoms with Gasteiger partial charge in [0.15, 0.2) is 11.5 Å². The largest absolute Gasteiger partial charge is 0.454 e. The van der Waals surface area contributed by atoms with E-state index in [1.165, 1.54) is 12.5 Å². The van der Waals surface area contributed by atoms with Gasteiger partial charge in [0.2, 0.25) is 18.6 Å². The Morgan fingerprint density at radius 3 is 2.44 bits per heavy atom. The molecule has 1 aliphatic carbocycles. The zero-order valence-corrected chi connectivity index (χ0v) is 22.1. The summed E-state index contributed by atoms with van der Waals surface area (Å²) in [5.41, 5.74) is 2.27. The lowest BCUT2D eigenvalue weighted by molar-refractivity contribution is -0.141. The molecule has 2 aliphatic rings. The van der Waals surface area contributed by atoms with Gasteiger partial charge in [0.25, 0.3) is 0 Å². The highest BCUT2D eigenvalue weighted by Gasteiger charge is 2.32. The zero-order chi connectivity index (χ0) is 27.0. The first-order valence-electron chi connectivity index (χ1n) is 13.8. The first-order chi connectivity index (χ1) is 19.1. The van der Waals surface area contributed by atoms with Crippen LogP contribution in [0, 0.1) is 5.82 Å². The summed E-state index contributed by atoms with van der Waals surface area (Å²) in [5, 5.41) is 3.22. The first-order valence-corrected chi connectivity index (χ1v) is 13.8. The molecule has 3 aromatic rings. The van der Waals surface area contributed by atoms with E-state index in [4.69, 9.17) is 9.47 Å². The van der Waals surface area contributed by atoms with Crippen LogP contribution in [0.1, 0.15) is 55.2 Å². The Labute approximate surface area is 229 Å². The molecule has 0 spiro atoms. The van der Waals surface area contributed by atoms with Gasteiger partial charge >= 0.3 is 0 Å². The molecule has 39 heavy (non-hydrogen) atoms. The van der Waals surface area contributed by atoms with Crippen LogP contribution in [-0.4, -0.2) is 35.6 Å². The molecular formula is C32H35FN2O4. The maximum absolute atomic E-state index is 14.8. The molecule has 0 radical (unpaired) electrons. The molecule has 1 atom stereocenters. The lowest BCUT2D eigenvalue weighted by Gasteiger charge is -2.33. The molecule has 1 saturated carbocycles. The van der Waals surface area contributed by atoms with Gasteiger partial charge in [0.05, 0.1) is 0 Å². The van der Waals surface area contributed by atoms with Crippen molar-refractivity contribution in [1.29, 1.82) is 0 Å². The van der Waals surface area contributed by atoms with Gasteiger partial charge in [-0.3, -0.25) is 9.59 Å². The van der Waals surface area contributed by atoms with Gasteiger partial charge in [-0.2, -0.15) is 0 Å². The lowest BCUT2D eigenvalue weighted by Crippen LogP contribution is -2.53. The average Bonchev–Trinajstić information content (AvgIpc) is 3.44. The third-order valence-electron chi connectivity index (χ3n) is 7.59. The molecule has 0 saturated heterocycles. The van der Waals surface area contributed by atoms with Crippen molar-refractivity contribution < 1.29 is 23.5 Å². The molecular weight excluding hydrogens is 495 g/mol. The number of aryl methyl sites for hydroxylation is 1. The number of carbonyl (C=O) groups excluding carboxylic acids is 2. The highest BCUT2D eigenvalue weighted by Crippen LogP contribution is 2.33. The van der Waals surface area contributed by atoms with E-state index in [1.807, 2.05) is 48.5 Å². The second kappa shape index (κ2) is 12.8. The molecule has 204 valence electrons. The third kappa shape index (κ3) is 6.96. The average molecular weight is 531 g/mol. The van der Waals surface area contributed by atoms with E-state index < -0.39 is 11.9 Å². The topological polar surface area (TPSA) is 67.9 Å². The predicted molar refractivity (Wildman–Crippen MR) is 147 cm³/mol. The highest BCUT2D eigenvalue weighted by molar-refractivity contribution is 5.88. The van der Waals surface area contributed by atoms with Gasteiger partial charge in [0.1, 0.15) is 11.9 Å². The molecule has 1 aliphatic heterocycles. The van der Waals surface area contributed by atoms with Crippen LogP contribution in [0.15, 0.2) is 72.8 Å². The summed E-state index contributed by atoms with van der Waals surface area (Å²) in [5.74, 6) is 0.580. The fraction of sp³-hybridized carbons (Fsp3) is 0.375. The fourth-order valence-electron chi connectivity index (χ4n) is 5.40. The summed E-state index contributed by atoms with van der Waals surface area (Å²) in [4.78, 5) is 29.2. The predicted octanol–water partition coefficient (Wildman–Crippen LogP) is 5.58. The minimum atomic E-state index is -0.766. The number of carbonyl (C=O) groups is 2. The van der Waals surface area contributed by atoms with Crippen molar-refractivity contribution >= 4 is 11.8 Å². The number of nitrogens with one attached hydrogen (secondary N) is 1. The van der Waals surface area contributed by atoms with Crippen molar-refractivity contribution in [2.24, 2.45) is 0 Å². The number of halogens is 1. The van der Waals surface area contributed by atoms with Gasteiger partial charge in [-0.15, -0.1) is 0 Å². The summed E-state index contributed by atoms with van der Waals surface area (Å²) in [6, 6.07) is 21.1. The van der Waals surface area contributed by atoms with Crippen molar-refractivity contribution in [2.45, 2.75) is 70.0 Å². The molecule has 0 bridgehead atoms. The Balaban J connectivity index is 1.40. The second-order valence-electron chi connectivity index (χ2n) is 10.3. The number of rotatable bonds is 10. The van der Waals surface area contributed by atoms with E-state index in [9.17, 15) is 14.0 Å². The molecule has 3 aromatic carbocycles. The van der Waals surface area contributed by atoms with Crippen LogP contribution < -0.4 is 14.8 Å². The monoisotopic (exact) mass is 530 g/mol. The smallest absolute Gasteiger partial charge is 0.243 e. The summed E-state index contributed by atoms with van der Waals surface area (Å²) >= 11 is 0. The van der Waals surface area contributed by atoms with Crippen molar-refractivity contribution in [3.63, 3.8) is 0 Å². The second-order valence-corrected chi connectivity index (χ2v) is 10.3. The molecule has 1 N–H and O–H groups in total. The molecule has 1 fully saturated rings. The third-order valence-corrected chi connectivity index (χ3v) is 7.59. The van der Waals surface area contributed by atoms with Gasteiger partial charge in [-0.05, 0) is 48.6 Å². The molecule has 0 aromatic heterocycles. The van der Waals surface area contributed by atoms with Gasteiger partial charge in [0, 0.05) is 31.0 Å². The Kier molecular flexibility index (Phi) is 8.76. The Morgan fingerprint density at radius 2 is 1.64 bits per heavy atom. The van der Waals surface area contributed by atoms with E-state index in [1.54, 1.807) is 23.1 Å². The maximum atomic E-state index is 14.8. The van der Waals surface area contributed by atoms with E-state index in [0.717, 1.165) is 36.8 Å². The number of hydrogen-bond acceptors (Lipinski definition) is 4. The van der Waals surface area contributed by atoms with E-state index in [2.05, 4.69) is 5.32 Å². The summed E-state index contributed by atoms with van der Waals surface area (Å²) < 4.78 is 25.7. The Morgan fingerprint density at radius 1 is 0.897 bits per heavy atom. The van der Waals surface area contributed by atoms with Crippen molar-refractivity contribution in [3.05, 3.63) is 95.3 Å². The van der Waals surface area contributed by atoms with Gasteiger partial charge in [-0.25, -0.2) is 4.39 Å². The van der Waals surface area contributed by atoms with E-state index >= 15 is 0 Å². The minimum Gasteiger partial charge on any atom is -0.454 e. The molecule has 2 amide bonds. The number of hydrogen-bond donors (Lipinski definition) is 1. The van der Waals surface area contributed by atoms with Crippen LogP contribution >= 0.6 is 0 Å². The van der Waals surface area contributed by atoms with Crippen LogP contribution in [0.5, 0.6) is 11.5 Å². The highest BCUT2D eigenvalue weighted by atomic mass is 19.1. The van der Waals surface area contributed by atoms with E-state index in [0.29, 0.717) is 29.9 Å². The summed E-state index contributed by atoms with van der Waals surface area (Å²) in [7, 11) is 0. The molecule has 7 heteroatoms.